The van der Waals surface area contributed by atoms with Crippen LogP contribution in [0.25, 0.3) is 0 Å². The van der Waals surface area contributed by atoms with Crippen LogP contribution in [0, 0.1) is 0 Å². The number of nitrogens with zero attached hydrogens (tertiary/aromatic N) is 1. The summed E-state index contributed by atoms with van der Waals surface area (Å²) in [6, 6.07) is 5.76. The van der Waals surface area contributed by atoms with Crippen LogP contribution in [0.15, 0.2) is 30.4 Å². The number of nitrogens with one attached hydrogen (secondary N) is 2. The van der Waals surface area contributed by atoms with Crippen LogP contribution in [0.2, 0.25) is 0 Å². The summed E-state index contributed by atoms with van der Waals surface area (Å²) in [7, 11) is 3.34. The number of carboxylic acid groups (broad SMARTS) is 1. The average molecular weight is 419 g/mol. The van der Waals surface area contributed by atoms with Gasteiger partial charge in [-0.3, -0.25) is 4.79 Å². The number of hydrogen-bond donors (Lipinski definition) is 3. The SMILES string of the molecule is COC(=O)C=CCOCC(C)(NC(=O)O)C(=O)Nc1ccc2c(c1)CCN(C)CC2. The summed E-state index contributed by atoms with van der Waals surface area (Å²) in [6.07, 6.45) is 3.11. The van der Waals surface area contributed by atoms with Crippen molar-refractivity contribution in [2.24, 2.45) is 0 Å². The molecule has 1 aliphatic rings. The first-order chi connectivity index (χ1) is 14.2. The normalized spacial score (nSPS) is 16.2. The fourth-order valence-corrected chi connectivity index (χ4v) is 3.12. The van der Waals surface area contributed by atoms with Crippen molar-refractivity contribution >= 4 is 23.7 Å². The number of rotatable bonds is 8. The molecule has 1 unspecified atom stereocenters. The van der Waals surface area contributed by atoms with Gasteiger partial charge in [0.15, 0.2) is 0 Å². The van der Waals surface area contributed by atoms with E-state index in [1.165, 1.54) is 37.3 Å². The Morgan fingerprint density at radius 1 is 1.23 bits per heavy atom. The Bertz CT molecular complexity index is 810. The van der Waals surface area contributed by atoms with E-state index in [9.17, 15) is 14.4 Å². The van der Waals surface area contributed by atoms with Gasteiger partial charge in [0, 0.05) is 24.9 Å². The molecule has 0 saturated heterocycles. The molecule has 1 heterocycles. The van der Waals surface area contributed by atoms with Crippen LogP contribution in [0.5, 0.6) is 0 Å². The van der Waals surface area contributed by atoms with E-state index < -0.39 is 23.5 Å². The van der Waals surface area contributed by atoms with E-state index in [2.05, 4.69) is 27.3 Å². The van der Waals surface area contributed by atoms with Gasteiger partial charge in [-0.15, -0.1) is 0 Å². The molecular weight excluding hydrogens is 390 g/mol. The predicted molar refractivity (Wildman–Crippen MR) is 112 cm³/mol. The van der Waals surface area contributed by atoms with Crippen molar-refractivity contribution in [1.29, 1.82) is 0 Å². The molecule has 30 heavy (non-hydrogen) atoms. The third-order valence-electron chi connectivity index (χ3n) is 4.93. The lowest BCUT2D eigenvalue weighted by atomic mass is 10.0. The van der Waals surface area contributed by atoms with Gasteiger partial charge in [0.05, 0.1) is 20.3 Å². The zero-order valence-corrected chi connectivity index (χ0v) is 17.6. The number of benzene rings is 1. The Morgan fingerprint density at radius 3 is 2.60 bits per heavy atom. The van der Waals surface area contributed by atoms with Crippen molar-refractivity contribution in [2.75, 3.05) is 45.8 Å². The van der Waals surface area contributed by atoms with Crippen molar-refractivity contribution in [1.82, 2.24) is 10.2 Å². The second-order valence-corrected chi connectivity index (χ2v) is 7.44. The Labute approximate surface area is 176 Å². The zero-order valence-electron chi connectivity index (χ0n) is 17.6. The fourth-order valence-electron chi connectivity index (χ4n) is 3.12. The molecule has 0 bridgehead atoms. The molecule has 9 nitrogen and oxygen atoms in total. The van der Waals surface area contributed by atoms with Crippen molar-refractivity contribution < 1.29 is 29.0 Å². The molecule has 2 rings (SSSR count). The molecule has 0 spiro atoms. The van der Waals surface area contributed by atoms with Gasteiger partial charge in [-0.25, -0.2) is 9.59 Å². The van der Waals surface area contributed by atoms with Crippen LogP contribution in [0.3, 0.4) is 0 Å². The smallest absolute Gasteiger partial charge is 0.405 e. The first-order valence-corrected chi connectivity index (χ1v) is 9.68. The summed E-state index contributed by atoms with van der Waals surface area (Å²) >= 11 is 0. The van der Waals surface area contributed by atoms with Crippen LogP contribution < -0.4 is 10.6 Å². The predicted octanol–water partition coefficient (Wildman–Crippen LogP) is 1.43. The van der Waals surface area contributed by atoms with Gasteiger partial charge in [0.25, 0.3) is 5.91 Å². The molecule has 0 aromatic heterocycles. The van der Waals surface area contributed by atoms with Gasteiger partial charge in [-0.2, -0.15) is 0 Å². The molecule has 0 saturated carbocycles. The molecule has 2 amide bonds. The average Bonchev–Trinajstić information content (AvgIpc) is 2.88. The largest absolute Gasteiger partial charge is 0.466 e. The lowest BCUT2D eigenvalue weighted by molar-refractivity contribution is -0.135. The van der Waals surface area contributed by atoms with E-state index in [0.29, 0.717) is 5.69 Å². The highest BCUT2D eigenvalue weighted by atomic mass is 16.5. The van der Waals surface area contributed by atoms with Crippen molar-refractivity contribution in [3.63, 3.8) is 0 Å². The summed E-state index contributed by atoms with van der Waals surface area (Å²) in [4.78, 5) is 37.4. The van der Waals surface area contributed by atoms with E-state index in [-0.39, 0.29) is 13.2 Å². The molecule has 9 heteroatoms. The second-order valence-electron chi connectivity index (χ2n) is 7.44. The lowest BCUT2D eigenvalue weighted by Crippen LogP contribution is -2.57. The number of carbonyl (C=O) groups is 3. The van der Waals surface area contributed by atoms with Gasteiger partial charge >= 0.3 is 12.1 Å². The first kappa shape index (κ1) is 23.4. The van der Waals surface area contributed by atoms with E-state index in [0.717, 1.165) is 25.9 Å². The molecule has 1 aromatic carbocycles. The van der Waals surface area contributed by atoms with Crippen molar-refractivity contribution in [3.05, 3.63) is 41.5 Å². The molecule has 0 fully saturated rings. The summed E-state index contributed by atoms with van der Waals surface area (Å²) in [5.74, 6) is -1.07. The van der Waals surface area contributed by atoms with Crippen LogP contribution in [0.4, 0.5) is 10.5 Å². The molecule has 1 aromatic rings. The zero-order chi connectivity index (χ0) is 22.1. The molecule has 1 atom stereocenters. The van der Waals surface area contributed by atoms with Gasteiger partial charge in [-0.05, 0) is 50.1 Å². The lowest BCUT2D eigenvalue weighted by Gasteiger charge is -2.28. The molecule has 0 radical (unpaired) electrons. The highest BCUT2D eigenvalue weighted by Gasteiger charge is 2.35. The monoisotopic (exact) mass is 419 g/mol. The molecular formula is C21H29N3O6. The minimum Gasteiger partial charge on any atom is -0.466 e. The van der Waals surface area contributed by atoms with E-state index in [1.54, 1.807) is 0 Å². The van der Waals surface area contributed by atoms with Gasteiger partial charge in [0.2, 0.25) is 0 Å². The van der Waals surface area contributed by atoms with Gasteiger partial charge in [0.1, 0.15) is 5.54 Å². The van der Waals surface area contributed by atoms with Gasteiger partial charge < -0.3 is 30.1 Å². The van der Waals surface area contributed by atoms with E-state index in [1.807, 2.05) is 18.2 Å². The first-order valence-electron chi connectivity index (χ1n) is 9.68. The number of carbonyl (C=O) groups excluding carboxylic acids is 2. The number of fused-ring (bicyclic) bond motifs is 1. The minimum atomic E-state index is -1.52. The molecule has 0 aliphatic carbocycles. The van der Waals surface area contributed by atoms with E-state index in [4.69, 9.17) is 9.84 Å². The molecule has 3 N–H and O–H groups in total. The van der Waals surface area contributed by atoms with Crippen LogP contribution >= 0.6 is 0 Å². The second kappa shape index (κ2) is 10.7. The Balaban J connectivity index is 2.04. The Hall–Kier alpha value is -2.91. The summed E-state index contributed by atoms with van der Waals surface area (Å²) in [5, 5.41) is 14.2. The Kier molecular flexibility index (Phi) is 8.37. The summed E-state index contributed by atoms with van der Waals surface area (Å²) in [5.41, 5.74) is 1.52. The van der Waals surface area contributed by atoms with Crippen LogP contribution in [-0.4, -0.2) is 74.0 Å². The van der Waals surface area contributed by atoms with Gasteiger partial charge in [-0.1, -0.05) is 12.1 Å². The third kappa shape index (κ3) is 6.85. The standard InChI is InChI=1S/C21H29N3O6/c1-21(23-20(27)28,14-30-12-4-5-18(25)29-3)19(26)22-17-7-6-15-8-10-24(2)11-9-16(15)13-17/h4-7,13,23H,8-12,14H2,1-3H3,(H,22,26)(H,27,28). The highest BCUT2D eigenvalue weighted by Crippen LogP contribution is 2.21. The number of likely N-dealkylation sites (N-methyl/N-ethyl adjacent to an activating group) is 1. The maximum absolute atomic E-state index is 12.9. The van der Waals surface area contributed by atoms with E-state index >= 15 is 0 Å². The van der Waals surface area contributed by atoms with Crippen molar-refractivity contribution in [3.8, 4) is 0 Å². The minimum absolute atomic E-state index is 0.0195. The Morgan fingerprint density at radius 2 is 1.93 bits per heavy atom. The highest BCUT2D eigenvalue weighted by molar-refractivity contribution is 5.99. The maximum atomic E-state index is 12.9. The summed E-state index contributed by atoms with van der Waals surface area (Å²) in [6.45, 7) is 3.17. The third-order valence-corrected chi connectivity index (χ3v) is 4.93. The molecule has 1 aliphatic heterocycles. The number of methoxy groups -OCH3 is 1. The number of esters is 1. The number of amides is 2. The fraction of sp³-hybridized carbons (Fsp3) is 0.476. The topological polar surface area (TPSA) is 117 Å². The maximum Gasteiger partial charge on any atom is 0.405 e. The number of hydrogen-bond acceptors (Lipinski definition) is 6. The van der Waals surface area contributed by atoms with Crippen LogP contribution in [-0.2, 0) is 31.9 Å². The van der Waals surface area contributed by atoms with Crippen LogP contribution in [0.1, 0.15) is 18.1 Å². The number of ether oxygens (including phenoxy) is 2. The molecule has 164 valence electrons. The number of anilines is 1. The summed E-state index contributed by atoms with van der Waals surface area (Å²) < 4.78 is 9.86. The van der Waals surface area contributed by atoms with Crippen molar-refractivity contribution in [2.45, 2.75) is 25.3 Å². The quantitative estimate of drug-likeness (QED) is 0.331.